The standard InChI is InChI=1S/C21H24N4O2/c1-14(26)19-5-4-17(13-22-19)25-20-16(12-24-25)8-15(11-23-20)6-7-27-18-9-21(2,3)10-18/h4-5,8,11-13,18,26H,1,6-7,9-10H2,2-3H3. The second-order valence-electron chi connectivity index (χ2n) is 7.98. The molecule has 0 atom stereocenters. The van der Waals surface area contributed by atoms with Gasteiger partial charge >= 0.3 is 0 Å². The molecule has 27 heavy (non-hydrogen) atoms. The van der Waals surface area contributed by atoms with Crippen LogP contribution in [0.5, 0.6) is 0 Å². The third-order valence-electron chi connectivity index (χ3n) is 5.06. The molecular weight excluding hydrogens is 340 g/mol. The van der Waals surface area contributed by atoms with E-state index >= 15 is 0 Å². The Morgan fingerprint density at radius 2 is 2.07 bits per heavy atom. The molecule has 0 spiro atoms. The van der Waals surface area contributed by atoms with E-state index in [0.29, 0.717) is 17.2 Å². The number of pyridine rings is 2. The summed E-state index contributed by atoms with van der Waals surface area (Å²) in [5, 5.41) is 14.8. The molecule has 0 radical (unpaired) electrons. The number of rotatable bonds is 6. The number of ether oxygens (including phenoxy) is 1. The van der Waals surface area contributed by atoms with Gasteiger partial charge in [0.15, 0.2) is 5.65 Å². The van der Waals surface area contributed by atoms with Crippen molar-refractivity contribution in [1.29, 1.82) is 0 Å². The molecule has 1 saturated carbocycles. The smallest absolute Gasteiger partial charge is 0.162 e. The van der Waals surface area contributed by atoms with Crippen LogP contribution in [0.25, 0.3) is 22.5 Å². The van der Waals surface area contributed by atoms with Crippen LogP contribution in [0.15, 0.2) is 43.4 Å². The Bertz CT molecular complexity index is 968. The Kier molecular flexibility index (Phi) is 4.44. The van der Waals surface area contributed by atoms with Crippen molar-refractivity contribution in [1.82, 2.24) is 19.7 Å². The monoisotopic (exact) mass is 364 g/mol. The van der Waals surface area contributed by atoms with Gasteiger partial charge in [-0.2, -0.15) is 5.10 Å². The summed E-state index contributed by atoms with van der Waals surface area (Å²) < 4.78 is 7.69. The minimum atomic E-state index is -0.0534. The maximum Gasteiger partial charge on any atom is 0.162 e. The maximum atomic E-state index is 9.40. The minimum Gasteiger partial charge on any atom is -0.506 e. The van der Waals surface area contributed by atoms with Gasteiger partial charge in [0.2, 0.25) is 0 Å². The van der Waals surface area contributed by atoms with Crippen LogP contribution in [0.4, 0.5) is 0 Å². The fourth-order valence-electron chi connectivity index (χ4n) is 3.61. The molecule has 1 fully saturated rings. The number of aliphatic hydroxyl groups is 1. The molecule has 3 aromatic heterocycles. The van der Waals surface area contributed by atoms with Crippen LogP contribution in [0.3, 0.4) is 0 Å². The number of nitrogens with zero attached hydrogens (tertiary/aromatic N) is 4. The van der Waals surface area contributed by atoms with Crippen LogP contribution < -0.4 is 0 Å². The van der Waals surface area contributed by atoms with Crippen LogP contribution in [-0.2, 0) is 11.2 Å². The van der Waals surface area contributed by atoms with Gasteiger partial charge < -0.3 is 9.84 Å². The predicted octanol–water partition coefficient (Wildman–Crippen LogP) is 4.09. The summed E-state index contributed by atoms with van der Waals surface area (Å²) in [6.45, 7) is 8.76. The van der Waals surface area contributed by atoms with Gasteiger partial charge in [-0.25, -0.2) is 9.67 Å². The highest BCUT2D eigenvalue weighted by Gasteiger charge is 2.36. The third kappa shape index (κ3) is 3.71. The Morgan fingerprint density at radius 1 is 1.26 bits per heavy atom. The second kappa shape index (κ2) is 6.78. The number of aromatic nitrogens is 4. The quantitative estimate of drug-likeness (QED) is 0.667. The zero-order chi connectivity index (χ0) is 19.0. The molecule has 6 heteroatoms. The van der Waals surface area contributed by atoms with Gasteiger partial charge in [-0.1, -0.05) is 20.4 Å². The van der Waals surface area contributed by atoms with Crippen LogP contribution >= 0.6 is 0 Å². The second-order valence-corrected chi connectivity index (χ2v) is 7.98. The molecule has 6 nitrogen and oxygen atoms in total. The molecular formula is C21H24N4O2. The fraction of sp³-hybridized carbons (Fsp3) is 0.381. The van der Waals surface area contributed by atoms with E-state index in [2.05, 4.69) is 41.6 Å². The number of hydrogen-bond donors (Lipinski definition) is 1. The Balaban J connectivity index is 1.44. The lowest BCUT2D eigenvalue weighted by Gasteiger charge is -2.42. The van der Waals surface area contributed by atoms with Crippen molar-refractivity contribution in [3.8, 4) is 5.69 Å². The van der Waals surface area contributed by atoms with Crippen molar-refractivity contribution in [3.05, 3.63) is 54.6 Å². The summed E-state index contributed by atoms with van der Waals surface area (Å²) >= 11 is 0. The summed E-state index contributed by atoms with van der Waals surface area (Å²) in [4.78, 5) is 8.76. The highest BCUT2D eigenvalue weighted by Crippen LogP contribution is 2.41. The average Bonchev–Trinajstić information content (AvgIpc) is 3.03. The van der Waals surface area contributed by atoms with Gasteiger partial charge in [0.05, 0.1) is 30.8 Å². The van der Waals surface area contributed by atoms with E-state index in [4.69, 9.17) is 4.74 Å². The van der Waals surface area contributed by atoms with Crippen molar-refractivity contribution < 1.29 is 9.84 Å². The fourth-order valence-corrected chi connectivity index (χ4v) is 3.61. The topological polar surface area (TPSA) is 73.1 Å². The van der Waals surface area contributed by atoms with E-state index in [9.17, 15) is 5.11 Å². The van der Waals surface area contributed by atoms with Gasteiger partial charge in [-0.15, -0.1) is 0 Å². The van der Waals surface area contributed by atoms with E-state index < -0.39 is 0 Å². The van der Waals surface area contributed by atoms with Crippen LogP contribution in [0.1, 0.15) is 37.9 Å². The zero-order valence-electron chi connectivity index (χ0n) is 15.7. The first-order valence-electron chi connectivity index (χ1n) is 9.20. The molecule has 1 aliphatic rings. The van der Waals surface area contributed by atoms with Gasteiger partial charge in [0.1, 0.15) is 11.5 Å². The lowest BCUT2D eigenvalue weighted by Crippen LogP contribution is -2.38. The molecule has 3 aromatic rings. The molecule has 0 saturated heterocycles. The van der Waals surface area contributed by atoms with Gasteiger partial charge in [-0.05, 0) is 48.4 Å². The van der Waals surface area contributed by atoms with Gasteiger partial charge in [0, 0.05) is 11.6 Å². The minimum absolute atomic E-state index is 0.0534. The third-order valence-corrected chi connectivity index (χ3v) is 5.06. The van der Waals surface area contributed by atoms with Crippen molar-refractivity contribution in [2.45, 2.75) is 39.2 Å². The van der Waals surface area contributed by atoms with E-state index in [0.717, 1.165) is 48.2 Å². The zero-order valence-corrected chi connectivity index (χ0v) is 15.7. The molecule has 1 aliphatic carbocycles. The first-order valence-corrected chi connectivity index (χ1v) is 9.20. The van der Waals surface area contributed by atoms with E-state index in [1.54, 1.807) is 23.1 Å². The molecule has 0 aliphatic heterocycles. The molecule has 1 N–H and O–H groups in total. The summed E-state index contributed by atoms with van der Waals surface area (Å²) in [6.07, 6.45) is 8.88. The van der Waals surface area contributed by atoms with E-state index in [-0.39, 0.29) is 5.76 Å². The summed E-state index contributed by atoms with van der Waals surface area (Å²) in [7, 11) is 0. The number of hydrogen-bond acceptors (Lipinski definition) is 5. The number of aliphatic hydroxyl groups excluding tert-OH is 1. The highest BCUT2D eigenvalue weighted by molar-refractivity contribution is 5.76. The van der Waals surface area contributed by atoms with Crippen LogP contribution in [-0.4, -0.2) is 37.6 Å². The normalized spacial score (nSPS) is 16.4. The summed E-state index contributed by atoms with van der Waals surface area (Å²) in [6, 6.07) is 5.65. The first-order chi connectivity index (χ1) is 12.9. The van der Waals surface area contributed by atoms with Crippen molar-refractivity contribution >= 4 is 16.8 Å². The summed E-state index contributed by atoms with van der Waals surface area (Å²) in [5.41, 5.74) is 3.59. The van der Waals surface area contributed by atoms with E-state index in [1.807, 2.05) is 12.3 Å². The Labute approximate surface area is 158 Å². The highest BCUT2D eigenvalue weighted by atomic mass is 16.5. The molecule has 0 aromatic carbocycles. The van der Waals surface area contributed by atoms with Gasteiger partial charge in [-0.3, -0.25) is 4.98 Å². The lowest BCUT2D eigenvalue weighted by atomic mass is 9.70. The first kappa shape index (κ1) is 17.7. The molecule has 4 rings (SSSR count). The predicted molar refractivity (Wildman–Crippen MR) is 105 cm³/mol. The van der Waals surface area contributed by atoms with E-state index in [1.165, 1.54) is 0 Å². The molecule has 0 unspecified atom stereocenters. The van der Waals surface area contributed by atoms with Crippen molar-refractivity contribution in [3.63, 3.8) is 0 Å². The largest absolute Gasteiger partial charge is 0.506 e. The Hall–Kier alpha value is -2.73. The molecule has 3 heterocycles. The van der Waals surface area contributed by atoms with Crippen molar-refractivity contribution in [2.75, 3.05) is 6.61 Å². The average molecular weight is 364 g/mol. The van der Waals surface area contributed by atoms with Crippen LogP contribution in [0, 0.1) is 5.41 Å². The van der Waals surface area contributed by atoms with Crippen molar-refractivity contribution in [2.24, 2.45) is 5.41 Å². The molecule has 0 bridgehead atoms. The van der Waals surface area contributed by atoms with Gasteiger partial charge in [0.25, 0.3) is 0 Å². The molecule has 140 valence electrons. The summed E-state index contributed by atoms with van der Waals surface area (Å²) in [5.74, 6) is -0.0534. The Morgan fingerprint density at radius 3 is 2.74 bits per heavy atom. The number of fused-ring (bicyclic) bond motifs is 1. The SMILES string of the molecule is C=C(O)c1ccc(-n2ncc3cc(CCOC4CC(C)(C)C4)cnc32)cn1. The van der Waals surface area contributed by atoms with Crippen LogP contribution in [0.2, 0.25) is 0 Å². The maximum absolute atomic E-state index is 9.40. The lowest BCUT2D eigenvalue weighted by molar-refractivity contribution is -0.0638. The molecule has 0 amide bonds.